The van der Waals surface area contributed by atoms with Crippen molar-refractivity contribution in [3.05, 3.63) is 0 Å². The summed E-state index contributed by atoms with van der Waals surface area (Å²) in [6.07, 6.45) is 5.29. The van der Waals surface area contributed by atoms with Gasteiger partial charge in [-0.15, -0.1) is 0 Å². The molecule has 0 spiro atoms. The molecule has 0 saturated carbocycles. The van der Waals surface area contributed by atoms with Gasteiger partial charge in [-0.3, -0.25) is 0 Å². The first kappa shape index (κ1) is 12.3. The molecule has 0 saturated heterocycles. The molecule has 0 amide bonds. The molecule has 0 aliphatic rings. The lowest BCUT2D eigenvalue weighted by atomic mass is 9.83. The average Bonchev–Trinajstić information content (AvgIpc) is 2.03. The molecule has 0 bridgehead atoms. The van der Waals surface area contributed by atoms with Crippen LogP contribution < -0.4 is 0 Å². The fourth-order valence-electron chi connectivity index (χ4n) is 2.16. The van der Waals surface area contributed by atoms with E-state index in [1.54, 1.807) is 0 Å². The number of hydrogen-bond donors (Lipinski definition) is 1. The zero-order valence-electron chi connectivity index (χ0n) is 9.01. The Bertz CT molecular complexity index is 99.2. The molecule has 0 radical (unpaired) electrons. The van der Waals surface area contributed by atoms with Crippen LogP contribution in [0, 0.1) is 11.8 Å². The van der Waals surface area contributed by atoms with Gasteiger partial charge >= 0.3 is 0 Å². The fourth-order valence-corrected chi connectivity index (χ4v) is 2.61. The van der Waals surface area contributed by atoms with E-state index >= 15 is 0 Å². The van der Waals surface area contributed by atoms with Crippen molar-refractivity contribution in [2.75, 3.05) is 0 Å². The van der Waals surface area contributed by atoms with Gasteiger partial charge in [0.1, 0.15) is 0 Å². The summed E-state index contributed by atoms with van der Waals surface area (Å²) in [6.45, 7) is 9.10. The van der Waals surface area contributed by atoms with Crippen molar-refractivity contribution in [2.24, 2.45) is 11.8 Å². The van der Waals surface area contributed by atoms with Crippen LogP contribution >= 0.6 is 12.6 Å². The van der Waals surface area contributed by atoms with Gasteiger partial charge in [-0.1, -0.05) is 53.4 Å². The molecule has 0 nitrogen and oxygen atoms in total. The minimum Gasteiger partial charge on any atom is -0.176 e. The summed E-state index contributed by atoms with van der Waals surface area (Å²) in [4.78, 5) is 0. The van der Waals surface area contributed by atoms with Crippen molar-refractivity contribution in [1.82, 2.24) is 0 Å². The number of rotatable bonds is 6. The highest BCUT2D eigenvalue weighted by Gasteiger charge is 2.20. The summed E-state index contributed by atoms with van der Waals surface area (Å²) in [5, 5.41) is 0.562. The van der Waals surface area contributed by atoms with Gasteiger partial charge in [0.25, 0.3) is 0 Å². The third-order valence-corrected chi connectivity index (χ3v) is 3.26. The van der Waals surface area contributed by atoms with E-state index < -0.39 is 0 Å². The molecule has 0 aliphatic carbocycles. The number of hydrogen-bond acceptors (Lipinski definition) is 1. The Morgan fingerprint density at radius 1 is 1.08 bits per heavy atom. The van der Waals surface area contributed by atoms with Crippen molar-refractivity contribution < 1.29 is 0 Å². The van der Waals surface area contributed by atoms with Crippen LogP contribution in [-0.2, 0) is 0 Å². The van der Waals surface area contributed by atoms with Gasteiger partial charge < -0.3 is 0 Å². The van der Waals surface area contributed by atoms with Gasteiger partial charge in [0.2, 0.25) is 0 Å². The summed E-state index contributed by atoms with van der Waals surface area (Å²) in [7, 11) is 0. The highest BCUT2D eigenvalue weighted by Crippen LogP contribution is 2.29. The van der Waals surface area contributed by atoms with Crippen molar-refractivity contribution in [1.29, 1.82) is 0 Å². The molecule has 0 fully saturated rings. The smallest absolute Gasteiger partial charge is 0.00192 e. The van der Waals surface area contributed by atoms with Gasteiger partial charge in [0, 0.05) is 5.25 Å². The van der Waals surface area contributed by atoms with E-state index in [0.717, 1.165) is 11.8 Å². The second-order valence-corrected chi connectivity index (χ2v) is 4.58. The lowest BCUT2D eigenvalue weighted by Gasteiger charge is -2.27. The normalized spacial score (nSPS) is 18.8. The molecule has 12 heavy (non-hydrogen) atoms. The molecule has 0 heterocycles. The molecular weight excluding hydrogens is 164 g/mol. The summed E-state index contributed by atoms with van der Waals surface area (Å²) in [5.74, 6) is 1.71. The maximum atomic E-state index is 4.56. The Balaban J connectivity index is 4.02. The van der Waals surface area contributed by atoms with Gasteiger partial charge in [-0.05, 0) is 11.8 Å². The molecule has 0 aromatic carbocycles. The quantitative estimate of drug-likeness (QED) is 0.595. The molecule has 1 heteroatoms. The van der Waals surface area contributed by atoms with Gasteiger partial charge in [0.05, 0.1) is 0 Å². The predicted octanol–water partition coefficient (Wildman–Crippen LogP) is 4.16. The highest BCUT2D eigenvalue weighted by molar-refractivity contribution is 7.80. The fraction of sp³-hybridized carbons (Fsp3) is 1.00. The largest absolute Gasteiger partial charge is 0.176 e. The Morgan fingerprint density at radius 3 is 1.92 bits per heavy atom. The average molecular weight is 188 g/mol. The third kappa shape index (κ3) is 3.84. The van der Waals surface area contributed by atoms with E-state index in [4.69, 9.17) is 0 Å². The molecule has 0 aliphatic heterocycles. The zero-order valence-corrected chi connectivity index (χ0v) is 9.90. The van der Waals surface area contributed by atoms with Crippen molar-refractivity contribution >= 4 is 12.6 Å². The van der Waals surface area contributed by atoms with Crippen LogP contribution in [-0.4, -0.2) is 5.25 Å². The van der Waals surface area contributed by atoms with Gasteiger partial charge in [-0.2, -0.15) is 12.6 Å². The van der Waals surface area contributed by atoms with E-state index in [9.17, 15) is 0 Å². The first-order valence-corrected chi connectivity index (χ1v) is 5.86. The minimum absolute atomic E-state index is 0.562. The molecule has 3 atom stereocenters. The Labute approximate surface area is 83.5 Å². The van der Waals surface area contributed by atoms with Crippen molar-refractivity contribution in [2.45, 2.75) is 58.6 Å². The lowest BCUT2D eigenvalue weighted by molar-refractivity contribution is 0.292. The zero-order chi connectivity index (χ0) is 9.56. The van der Waals surface area contributed by atoms with Gasteiger partial charge in [-0.25, -0.2) is 0 Å². The summed E-state index contributed by atoms with van der Waals surface area (Å²) >= 11 is 4.56. The Morgan fingerprint density at radius 2 is 1.67 bits per heavy atom. The van der Waals surface area contributed by atoms with E-state index in [-0.39, 0.29) is 0 Å². The Kier molecular flexibility index (Phi) is 7.02. The maximum absolute atomic E-state index is 4.56. The van der Waals surface area contributed by atoms with E-state index in [1.807, 2.05) is 0 Å². The first-order chi connectivity index (χ1) is 5.67. The minimum atomic E-state index is 0.562. The molecule has 0 aromatic heterocycles. The van der Waals surface area contributed by atoms with Crippen LogP contribution in [0.4, 0.5) is 0 Å². The topological polar surface area (TPSA) is 0 Å². The SMILES string of the molecule is CCCC(CC)C(CC)C(C)S. The van der Waals surface area contributed by atoms with Crippen LogP contribution in [0.15, 0.2) is 0 Å². The maximum Gasteiger partial charge on any atom is 0.00192 e. The van der Waals surface area contributed by atoms with Crippen molar-refractivity contribution in [3.63, 3.8) is 0 Å². The van der Waals surface area contributed by atoms with Gasteiger partial charge in [0.15, 0.2) is 0 Å². The lowest BCUT2D eigenvalue weighted by Crippen LogP contribution is -2.21. The standard InChI is InChI=1S/C11H24S/c1-5-8-10(6-2)11(7-3)9(4)12/h9-12H,5-8H2,1-4H3. The van der Waals surface area contributed by atoms with Crippen LogP contribution in [0.5, 0.6) is 0 Å². The van der Waals surface area contributed by atoms with Crippen molar-refractivity contribution in [3.8, 4) is 0 Å². The summed E-state index contributed by atoms with van der Waals surface area (Å²) < 4.78 is 0. The van der Waals surface area contributed by atoms with Crippen LogP contribution in [0.2, 0.25) is 0 Å². The molecule has 74 valence electrons. The number of thiol groups is 1. The molecule has 0 aromatic rings. The van der Waals surface area contributed by atoms with Crippen LogP contribution in [0.25, 0.3) is 0 Å². The van der Waals surface area contributed by atoms with E-state index in [0.29, 0.717) is 5.25 Å². The molecular formula is C11H24S. The second-order valence-electron chi connectivity index (χ2n) is 3.77. The molecule has 0 N–H and O–H groups in total. The Hall–Kier alpha value is 0.350. The summed E-state index contributed by atoms with van der Waals surface area (Å²) in [5.41, 5.74) is 0. The molecule has 3 unspecified atom stereocenters. The third-order valence-electron chi connectivity index (χ3n) is 2.88. The van der Waals surface area contributed by atoms with E-state index in [1.165, 1.54) is 25.7 Å². The van der Waals surface area contributed by atoms with E-state index in [2.05, 4.69) is 40.3 Å². The summed E-state index contributed by atoms with van der Waals surface area (Å²) in [6, 6.07) is 0. The van der Waals surface area contributed by atoms with Crippen LogP contribution in [0.1, 0.15) is 53.4 Å². The first-order valence-electron chi connectivity index (χ1n) is 5.35. The predicted molar refractivity (Wildman–Crippen MR) is 60.9 cm³/mol. The monoisotopic (exact) mass is 188 g/mol. The highest BCUT2D eigenvalue weighted by atomic mass is 32.1. The molecule has 0 rings (SSSR count). The van der Waals surface area contributed by atoms with Crippen LogP contribution in [0.3, 0.4) is 0 Å². The second kappa shape index (κ2) is 6.82.